The first-order valence-electron chi connectivity index (χ1n) is 8.20. The predicted molar refractivity (Wildman–Crippen MR) is 81.6 cm³/mol. The minimum Gasteiger partial charge on any atom is -0.393 e. The molecule has 1 aromatic heterocycles. The number of nitrogens with one attached hydrogen (secondary N) is 1. The number of aromatic nitrogens is 2. The normalized spacial score (nSPS) is 30.5. The molecule has 1 aliphatic heterocycles. The molecule has 1 aromatic rings. The second-order valence-electron chi connectivity index (χ2n) is 6.52. The van der Waals surface area contributed by atoms with Crippen LogP contribution < -0.4 is 5.32 Å². The number of nitrogens with zero attached hydrogens (tertiary/aromatic N) is 2. The Balaban J connectivity index is 1.76. The van der Waals surface area contributed by atoms with Crippen LogP contribution in [0.4, 0.5) is 0 Å². The maximum absolute atomic E-state index is 12.5. The van der Waals surface area contributed by atoms with Crippen LogP contribution in [0, 0.1) is 5.92 Å². The average Bonchev–Trinajstić information content (AvgIpc) is 2.80. The van der Waals surface area contributed by atoms with Crippen LogP contribution in [0.1, 0.15) is 61.5 Å². The number of ether oxygens (including phenoxy) is 1. The molecule has 122 valence electrons. The molecule has 1 saturated carbocycles. The summed E-state index contributed by atoms with van der Waals surface area (Å²) in [4.78, 5) is 12.5. The molecule has 1 fully saturated rings. The van der Waals surface area contributed by atoms with Crippen LogP contribution in [0.25, 0.3) is 0 Å². The summed E-state index contributed by atoms with van der Waals surface area (Å²) in [5, 5.41) is 16.8. The Hall–Kier alpha value is -1.40. The number of rotatable bonds is 4. The standard InChI is InChI=1S/C16H25N3O3/c1-4-19-15-10(3)22-9(2)5-13(15)14(18-19)16(21)17-8-11-6-12(20)7-11/h9-12,20H,4-8H2,1-3H3,(H,17,21)/t9-,10+,11?,12?/m1/s1. The number of amides is 1. The van der Waals surface area contributed by atoms with Gasteiger partial charge in [-0.1, -0.05) is 0 Å². The molecule has 22 heavy (non-hydrogen) atoms. The van der Waals surface area contributed by atoms with E-state index in [1.807, 2.05) is 25.5 Å². The molecule has 6 heteroatoms. The SMILES string of the molecule is CCn1nc(C(=O)NCC2CC(O)C2)c2c1[C@H](C)O[C@H](C)C2. The molecule has 0 unspecified atom stereocenters. The molecule has 2 aliphatic rings. The highest BCUT2D eigenvalue weighted by Crippen LogP contribution is 2.32. The Morgan fingerprint density at radius 3 is 2.82 bits per heavy atom. The van der Waals surface area contributed by atoms with Crippen molar-refractivity contribution in [3.8, 4) is 0 Å². The van der Waals surface area contributed by atoms with Crippen LogP contribution in [-0.2, 0) is 17.7 Å². The van der Waals surface area contributed by atoms with E-state index >= 15 is 0 Å². The van der Waals surface area contributed by atoms with E-state index in [-0.39, 0.29) is 24.2 Å². The van der Waals surface area contributed by atoms with Gasteiger partial charge >= 0.3 is 0 Å². The van der Waals surface area contributed by atoms with Gasteiger partial charge in [0, 0.05) is 25.1 Å². The van der Waals surface area contributed by atoms with Crippen molar-refractivity contribution >= 4 is 5.91 Å². The van der Waals surface area contributed by atoms with Crippen LogP contribution in [-0.4, -0.2) is 39.5 Å². The lowest BCUT2D eigenvalue weighted by atomic mass is 9.82. The fourth-order valence-electron chi connectivity index (χ4n) is 3.53. The van der Waals surface area contributed by atoms with E-state index < -0.39 is 0 Å². The van der Waals surface area contributed by atoms with Gasteiger partial charge in [-0.3, -0.25) is 9.48 Å². The van der Waals surface area contributed by atoms with E-state index in [1.54, 1.807) is 0 Å². The highest BCUT2D eigenvalue weighted by molar-refractivity contribution is 5.94. The maximum Gasteiger partial charge on any atom is 0.272 e. The van der Waals surface area contributed by atoms with Gasteiger partial charge in [0.05, 0.1) is 24.0 Å². The largest absolute Gasteiger partial charge is 0.393 e. The van der Waals surface area contributed by atoms with Crippen molar-refractivity contribution in [2.24, 2.45) is 5.92 Å². The van der Waals surface area contributed by atoms with Gasteiger partial charge in [-0.2, -0.15) is 5.10 Å². The third-order valence-corrected chi connectivity index (χ3v) is 4.68. The van der Waals surface area contributed by atoms with Gasteiger partial charge in [0.25, 0.3) is 5.91 Å². The highest BCUT2D eigenvalue weighted by atomic mass is 16.5. The Kier molecular flexibility index (Phi) is 4.23. The molecule has 0 spiro atoms. The molecule has 2 N–H and O–H groups in total. The number of aryl methyl sites for hydroxylation is 1. The topological polar surface area (TPSA) is 76.4 Å². The van der Waals surface area contributed by atoms with E-state index in [0.717, 1.165) is 37.1 Å². The number of fused-ring (bicyclic) bond motifs is 1. The molecule has 1 aliphatic carbocycles. The maximum atomic E-state index is 12.5. The van der Waals surface area contributed by atoms with Crippen LogP contribution in [0.5, 0.6) is 0 Å². The van der Waals surface area contributed by atoms with Gasteiger partial charge in [-0.05, 0) is 39.5 Å². The van der Waals surface area contributed by atoms with Crippen molar-refractivity contribution in [1.82, 2.24) is 15.1 Å². The zero-order chi connectivity index (χ0) is 15.9. The van der Waals surface area contributed by atoms with Crippen molar-refractivity contribution < 1.29 is 14.6 Å². The van der Waals surface area contributed by atoms with Crippen LogP contribution in [0.2, 0.25) is 0 Å². The minimum atomic E-state index is -0.187. The summed E-state index contributed by atoms with van der Waals surface area (Å²) in [6.45, 7) is 7.41. The van der Waals surface area contributed by atoms with E-state index in [2.05, 4.69) is 10.4 Å². The third kappa shape index (κ3) is 2.77. The molecule has 1 amide bonds. The number of carbonyl (C=O) groups excluding carboxylic acids is 1. The zero-order valence-corrected chi connectivity index (χ0v) is 13.5. The highest BCUT2D eigenvalue weighted by Gasteiger charge is 2.33. The summed E-state index contributed by atoms with van der Waals surface area (Å²) < 4.78 is 7.75. The molecule has 6 nitrogen and oxygen atoms in total. The second-order valence-corrected chi connectivity index (χ2v) is 6.52. The van der Waals surface area contributed by atoms with Crippen LogP contribution in [0.15, 0.2) is 0 Å². The molecule has 2 atom stereocenters. The third-order valence-electron chi connectivity index (χ3n) is 4.68. The molecule has 0 radical (unpaired) electrons. The lowest BCUT2D eigenvalue weighted by molar-refractivity contribution is -0.00949. The number of hydrogen-bond acceptors (Lipinski definition) is 4. The van der Waals surface area contributed by atoms with Crippen molar-refractivity contribution in [3.05, 3.63) is 17.0 Å². The van der Waals surface area contributed by atoms with Crippen molar-refractivity contribution in [1.29, 1.82) is 0 Å². The Labute approximate surface area is 130 Å². The van der Waals surface area contributed by atoms with Gasteiger partial charge in [0.1, 0.15) is 0 Å². The molecule has 3 rings (SSSR count). The van der Waals surface area contributed by atoms with Crippen molar-refractivity contribution in [2.45, 2.75) is 64.9 Å². The summed E-state index contributed by atoms with van der Waals surface area (Å²) in [6, 6.07) is 0. The number of hydrogen-bond donors (Lipinski definition) is 2. The quantitative estimate of drug-likeness (QED) is 0.882. The molecule has 0 bridgehead atoms. The predicted octanol–water partition coefficient (Wildman–Crippen LogP) is 1.43. The first kappa shape index (κ1) is 15.5. The zero-order valence-electron chi connectivity index (χ0n) is 13.5. The Morgan fingerprint density at radius 1 is 1.45 bits per heavy atom. The van der Waals surface area contributed by atoms with E-state index in [0.29, 0.717) is 18.2 Å². The average molecular weight is 307 g/mol. The van der Waals surface area contributed by atoms with Crippen molar-refractivity contribution in [2.75, 3.05) is 6.54 Å². The molecule has 0 saturated heterocycles. The monoisotopic (exact) mass is 307 g/mol. The smallest absolute Gasteiger partial charge is 0.272 e. The molecule has 0 aromatic carbocycles. The van der Waals surface area contributed by atoms with E-state index in [4.69, 9.17) is 4.74 Å². The van der Waals surface area contributed by atoms with E-state index in [1.165, 1.54) is 0 Å². The number of carbonyl (C=O) groups is 1. The summed E-state index contributed by atoms with van der Waals surface area (Å²) in [6.07, 6.45) is 2.17. The first-order valence-corrected chi connectivity index (χ1v) is 8.20. The van der Waals surface area contributed by atoms with Gasteiger partial charge in [0.2, 0.25) is 0 Å². The van der Waals surface area contributed by atoms with Crippen molar-refractivity contribution in [3.63, 3.8) is 0 Å². The fraction of sp³-hybridized carbons (Fsp3) is 0.750. The summed E-state index contributed by atoms with van der Waals surface area (Å²) in [5.74, 6) is 0.287. The van der Waals surface area contributed by atoms with Crippen LogP contribution >= 0.6 is 0 Å². The van der Waals surface area contributed by atoms with Gasteiger partial charge in [-0.15, -0.1) is 0 Å². The number of aliphatic hydroxyl groups is 1. The van der Waals surface area contributed by atoms with Gasteiger partial charge in [-0.25, -0.2) is 0 Å². The lowest BCUT2D eigenvalue weighted by Crippen LogP contribution is -2.38. The molecule has 2 heterocycles. The summed E-state index contributed by atoms with van der Waals surface area (Å²) in [7, 11) is 0. The Morgan fingerprint density at radius 2 is 2.18 bits per heavy atom. The number of aliphatic hydroxyl groups excluding tert-OH is 1. The Bertz CT molecular complexity index is 563. The lowest BCUT2D eigenvalue weighted by Gasteiger charge is -2.31. The molecular formula is C16H25N3O3. The fourth-order valence-corrected chi connectivity index (χ4v) is 3.53. The van der Waals surface area contributed by atoms with Gasteiger partial charge < -0.3 is 15.2 Å². The minimum absolute atomic E-state index is 0.0328. The summed E-state index contributed by atoms with van der Waals surface area (Å²) in [5.41, 5.74) is 2.60. The summed E-state index contributed by atoms with van der Waals surface area (Å²) >= 11 is 0. The van der Waals surface area contributed by atoms with E-state index in [9.17, 15) is 9.90 Å². The van der Waals surface area contributed by atoms with Gasteiger partial charge in [0.15, 0.2) is 5.69 Å². The molecular weight excluding hydrogens is 282 g/mol. The first-order chi connectivity index (χ1) is 10.5. The second kappa shape index (κ2) is 6.01. The van der Waals surface area contributed by atoms with Crippen LogP contribution in [0.3, 0.4) is 0 Å².